The number of hydrogen-bond donors (Lipinski definition) is 0. The van der Waals surface area contributed by atoms with E-state index in [-0.39, 0.29) is 0 Å². The van der Waals surface area contributed by atoms with Gasteiger partial charge in [0, 0.05) is 13.1 Å². The molecule has 0 spiro atoms. The van der Waals surface area contributed by atoms with Crippen LogP contribution in [0.4, 0.5) is 0 Å². The van der Waals surface area contributed by atoms with Crippen LogP contribution < -0.4 is 0 Å². The quantitative estimate of drug-likeness (QED) is 0.509. The predicted molar refractivity (Wildman–Crippen MR) is 47.5 cm³/mol. The average molecular weight is 149 g/mol. The van der Waals surface area contributed by atoms with Crippen LogP contribution in [-0.4, -0.2) is 25.0 Å². The van der Waals surface area contributed by atoms with Crippen molar-refractivity contribution in [1.29, 1.82) is 0 Å². The van der Waals surface area contributed by atoms with Gasteiger partial charge in [-0.2, -0.15) is 0 Å². The third-order valence-corrected chi connectivity index (χ3v) is 2.62. The third-order valence-electron chi connectivity index (χ3n) is 2.62. The van der Waals surface area contributed by atoms with Gasteiger partial charge < -0.3 is 4.90 Å². The molecule has 1 nitrogen and oxygen atoms in total. The molecule has 2 rings (SSSR count). The van der Waals surface area contributed by atoms with Crippen LogP contribution in [0.15, 0.2) is 23.3 Å². The molecule has 0 atom stereocenters. The third kappa shape index (κ3) is 1.38. The molecule has 0 fully saturated rings. The van der Waals surface area contributed by atoms with Gasteiger partial charge in [0.2, 0.25) is 0 Å². The van der Waals surface area contributed by atoms with Crippen LogP contribution in [0.1, 0.15) is 19.3 Å². The summed E-state index contributed by atoms with van der Waals surface area (Å²) in [6.07, 6.45) is 8.50. The first-order chi connectivity index (χ1) is 5.36. The van der Waals surface area contributed by atoms with E-state index in [0.29, 0.717) is 0 Å². The van der Waals surface area contributed by atoms with E-state index in [9.17, 15) is 0 Å². The predicted octanol–water partition coefficient (Wildman–Crippen LogP) is 1.97. The fraction of sp³-hybridized carbons (Fsp3) is 0.600. The molecule has 0 N–H and O–H groups in total. The number of hydrogen-bond acceptors (Lipinski definition) is 1. The Morgan fingerprint density at radius 2 is 2.27 bits per heavy atom. The molecular weight excluding hydrogens is 134 g/mol. The Morgan fingerprint density at radius 1 is 1.36 bits per heavy atom. The van der Waals surface area contributed by atoms with Crippen molar-refractivity contribution < 1.29 is 0 Å². The molecule has 0 saturated carbocycles. The zero-order valence-corrected chi connectivity index (χ0v) is 7.14. The van der Waals surface area contributed by atoms with E-state index >= 15 is 0 Å². The van der Waals surface area contributed by atoms with Crippen molar-refractivity contribution in [3.63, 3.8) is 0 Å². The van der Waals surface area contributed by atoms with E-state index < -0.39 is 0 Å². The minimum atomic E-state index is 1.17. The van der Waals surface area contributed by atoms with Crippen LogP contribution in [0.5, 0.6) is 0 Å². The number of nitrogens with zero attached hydrogens (tertiary/aromatic N) is 1. The molecular formula is C10H15N. The van der Waals surface area contributed by atoms with Gasteiger partial charge in [-0.1, -0.05) is 17.7 Å². The Kier molecular flexibility index (Phi) is 1.82. The lowest BCUT2D eigenvalue weighted by molar-refractivity contribution is 0.347. The lowest BCUT2D eigenvalue weighted by atomic mass is 9.92. The van der Waals surface area contributed by atoms with Crippen molar-refractivity contribution in [1.82, 2.24) is 4.90 Å². The molecule has 0 bridgehead atoms. The van der Waals surface area contributed by atoms with E-state index in [1.165, 1.54) is 32.4 Å². The Hall–Kier alpha value is -0.560. The minimum absolute atomic E-state index is 1.17. The summed E-state index contributed by atoms with van der Waals surface area (Å²) in [5.74, 6) is 0. The van der Waals surface area contributed by atoms with Gasteiger partial charge >= 0.3 is 0 Å². The zero-order chi connectivity index (χ0) is 7.68. The van der Waals surface area contributed by atoms with E-state index in [0.717, 1.165) is 0 Å². The normalized spacial score (nSPS) is 25.5. The second kappa shape index (κ2) is 2.82. The molecule has 1 heterocycles. The largest absolute Gasteiger partial charge is 0.302 e. The monoisotopic (exact) mass is 149 g/mol. The van der Waals surface area contributed by atoms with Crippen LogP contribution >= 0.6 is 0 Å². The molecule has 1 aliphatic carbocycles. The fourth-order valence-corrected chi connectivity index (χ4v) is 1.91. The Bertz CT molecular complexity index is 213. The van der Waals surface area contributed by atoms with Gasteiger partial charge in [-0.3, -0.25) is 0 Å². The molecule has 0 aromatic heterocycles. The molecule has 0 radical (unpaired) electrons. The highest BCUT2D eigenvalue weighted by Gasteiger charge is 2.15. The SMILES string of the molecule is CN1CCC2=C(C=CCC2)C1. The molecule has 11 heavy (non-hydrogen) atoms. The van der Waals surface area contributed by atoms with E-state index in [2.05, 4.69) is 24.1 Å². The number of likely N-dealkylation sites (N-methyl/N-ethyl adjacent to an activating group) is 1. The lowest BCUT2D eigenvalue weighted by Crippen LogP contribution is -2.28. The zero-order valence-electron chi connectivity index (χ0n) is 7.14. The summed E-state index contributed by atoms with van der Waals surface area (Å²) in [7, 11) is 2.20. The molecule has 0 unspecified atom stereocenters. The minimum Gasteiger partial charge on any atom is -0.302 e. The van der Waals surface area contributed by atoms with Crippen molar-refractivity contribution >= 4 is 0 Å². The van der Waals surface area contributed by atoms with Crippen LogP contribution in [0.25, 0.3) is 0 Å². The summed E-state index contributed by atoms with van der Waals surface area (Å²) in [6, 6.07) is 0. The summed E-state index contributed by atoms with van der Waals surface area (Å²) in [5.41, 5.74) is 3.30. The summed E-state index contributed by atoms with van der Waals surface area (Å²) >= 11 is 0. The van der Waals surface area contributed by atoms with Crippen molar-refractivity contribution in [3.8, 4) is 0 Å². The molecule has 2 aliphatic rings. The number of rotatable bonds is 0. The molecule has 60 valence electrons. The van der Waals surface area contributed by atoms with Crippen molar-refractivity contribution in [2.75, 3.05) is 20.1 Å². The molecule has 0 saturated heterocycles. The van der Waals surface area contributed by atoms with Crippen LogP contribution in [0.2, 0.25) is 0 Å². The van der Waals surface area contributed by atoms with Crippen molar-refractivity contribution in [2.24, 2.45) is 0 Å². The van der Waals surface area contributed by atoms with Crippen molar-refractivity contribution in [3.05, 3.63) is 23.3 Å². The summed E-state index contributed by atoms with van der Waals surface area (Å²) in [5, 5.41) is 0. The highest BCUT2D eigenvalue weighted by Crippen LogP contribution is 2.25. The maximum Gasteiger partial charge on any atom is 0.0230 e. The van der Waals surface area contributed by atoms with E-state index in [1.54, 1.807) is 11.1 Å². The van der Waals surface area contributed by atoms with Crippen molar-refractivity contribution in [2.45, 2.75) is 19.3 Å². The highest BCUT2D eigenvalue weighted by molar-refractivity contribution is 5.32. The first-order valence-corrected chi connectivity index (χ1v) is 4.42. The van der Waals surface area contributed by atoms with Crippen LogP contribution in [-0.2, 0) is 0 Å². The second-order valence-electron chi connectivity index (χ2n) is 3.56. The first-order valence-electron chi connectivity index (χ1n) is 4.42. The molecule has 1 heteroatoms. The van der Waals surface area contributed by atoms with Gasteiger partial charge in [0.1, 0.15) is 0 Å². The van der Waals surface area contributed by atoms with Crippen LogP contribution in [0, 0.1) is 0 Å². The maximum absolute atomic E-state index is 2.40. The van der Waals surface area contributed by atoms with Crippen LogP contribution in [0.3, 0.4) is 0 Å². The molecule has 0 aromatic rings. The molecule has 1 aliphatic heterocycles. The smallest absolute Gasteiger partial charge is 0.0230 e. The van der Waals surface area contributed by atoms with Gasteiger partial charge in [0.15, 0.2) is 0 Å². The molecule has 0 aromatic carbocycles. The lowest BCUT2D eigenvalue weighted by Gasteiger charge is -2.28. The van der Waals surface area contributed by atoms with Gasteiger partial charge in [-0.05, 0) is 31.9 Å². The Labute approximate surface area is 68.4 Å². The fourth-order valence-electron chi connectivity index (χ4n) is 1.91. The summed E-state index contributed by atoms with van der Waals surface area (Å²) in [4.78, 5) is 2.40. The number of allylic oxidation sites excluding steroid dienone is 1. The first kappa shape index (κ1) is 7.11. The standard InChI is InChI=1S/C10H15N/c1-11-7-6-9-4-2-3-5-10(9)8-11/h3,5H,2,4,6-8H2,1H3. The Morgan fingerprint density at radius 3 is 3.18 bits per heavy atom. The maximum atomic E-state index is 2.40. The summed E-state index contributed by atoms with van der Waals surface area (Å²) in [6.45, 7) is 2.43. The Balaban J connectivity index is 2.19. The average Bonchev–Trinajstić information content (AvgIpc) is 2.04. The highest BCUT2D eigenvalue weighted by atomic mass is 15.1. The topological polar surface area (TPSA) is 3.24 Å². The van der Waals surface area contributed by atoms with Gasteiger partial charge in [0.05, 0.1) is 0 Å². The van der Waals surface area contributed by atoms with Gasteiger partial charge in [-0.15, -0.1) is 0 Å². The van der Waals surface area contributed by atoms with Gasteiger partial charge in [-0.25, -0.2) is 0 Å². The van der Waals surface area contributed by atoms with Gasteiger partial charge in [0.25, 0.3) is 0 Å². The second-order valence-corrected chi connectivity index (χ2v) is 3.56. The molecule has 0 amide bonds. The van der Waals surface area contributed by atoms with E-state index in [1.807, 2.05) is 0 Å². The van der Waals surface area contributed by atoms with E-state index in [4.69, 9.17) is 0 Å². The summed E-state index contributed by atoms with van der Waals surface area (Å²) < 4.78 is 0.